The molecule has 0 aromatic heterocycles. The van der Waals surface area contributed by atoms with Crippen LogP contribution in [0.4, 0.5) is 13.2 Å². The fraction of sp³-hybridized carbons (Fsp3) is 0.500. The Bertz CT molecular complexity index is 501. The summed E-state index contributed by atoms with van der Waals surface area (Å²) < 4.78 is 43.6. The predicted octanol–water partition coefficient (Wildman–Crippen LogP) is 3.61. The highest BCUT2D eigenvalue weighted by Gasteiger charge is 2.31. The summed E-state index contributed by atoms with van der Waals surface area (Å²) in [7, 11) is 0. The Balaban J connectivity index is 3.03. The van der Waals surface area contributed by atoms with Gasteiger partial charge in [0, 0.05) is 0 Å². The first-order valence-corrected chi connectivity index (χ1v) is 6.61. The largest absolute Gasteiger partial charge is 0.493 e. The lowest BCUT2D eigenvalue weighted by atomic mass is 10.1. The Morgan fingerprint density at radius 3 is 2.62 bits per heavy atom. The molecular formula is C14H19F3N2O2. The van der Waals surface area contributed by atoms with E-state index in [1.807, 2.05) is 13.8 Å². The molecule has 0 amide bonds. The second-order valence-corrected chi connectivity index (χ2v) is 4.90. The van der Waals surface area contributed by atoms with Crippen LogP contribution in [0.5, 0.6) is 5.75 Å². The standard InChI is InChI=1S/C14H19F3N2O2/c1-3-4-9(2)8-21-12-6-5-10(14(15,16)17)7-11(12)13(18)19-20/h5-7,9,20H,3-4,8H2,1-2H3,(H2,18,19). The summed E-state index contributed by atoms with van der Waals surface area (Å²) in [4.78, 5) is 0. The topological polar surface area (TPSA) is 67.8 Å². The van der Waals surface area contributed by atoms with E-state index in [1.54, 1.807) is 0 Å². The molecule has 3 N–H and O–H groups in total. The van der Waals surface area contributed by atoms with Crippen molar-refractivity contribution in [2.45, 2.75) is 32.9 Å². The third kappa shape index (κ3) is 4.84. The van der Waals surface area contributed by atoms with Gasteiger partial charge in [0.25, 0.3) is 0 Å². The molecule has 1 aromatic rings. The van der Waals surface area contributed by atoms with Crippen LogP contribution in [-0.2, 0) is 6.18 Å². The lowest BCUT2D eigenvalue weighted by Crippen LogP contribution is -2.18. The summed E-state index contributed by atoms with van der Waals surface area (Å²) in [5.74, 6) is 0.0120. The van der Waals surface area contributed by atoms with Gasteiger partial charge < -0.3 is 15.7 Å². The molecule has 0 saturated carbocycles. The van der Waals surface area contributed by atoms with Crippen molar-refractivity contribution in [3.05, 3.63) is 29.3 Å². The highest BCUT2D eigenvalue weighted by atomic mass is 19.4. The zero-order valence-electron chi connectivity index (χ0n) is 11.9. The smallest absolute Gasteiger partial charge is 0.416 e. The monoisotopic (exact) mass is 304 g/mol. The number of halogens is 3. The molecule has 0 aliphatic carbocycles. The highest BCUT2D eigenvalue weighted by molar-refractivity contribution is 5.99. The van der Waals surface area contributed by atoms with E-state index in [0.717, 1.165) is 25.0 Å². The number of oxime groups is 1. The van der Waals surface area contributed by atoms with Crippen molar-refractivity contribution in [2.24, 2.45) is 16.8 Å². The number of hydrogen-bond acceptors (Lipinski definition) is 3. The molecule has 0 spiro atoms. The molecule has 0 radical (unpaired) electrons. The van der Waals surface area contributed by atoms with Crippen LogP contribution in [0.3, 0.4) is 0 Å². The van der Waals surface area contributed by atoms with Gasteiger partial charge >= 0.3 is 6.18 Å². The zero-order valence-corrected chi connectivity index (χ0v) is 11.9. The van der Waals surface area contributed by atoms with E-state index in [1.165, 1.54) is 6.07 Å². The van der Waals surface area contributed by atoms with Crippen LogP contribution in [0.1, 0.15) is 37.8 Å². The minimum Gasteiger partial charge on any atom is -0.493 e. The molecule has 0 bridgehead atoms. The molecule has 0 aliphatic heterocycles. The number of rotatable bonds is 6. The molecule has 21 heavy (non-hydrogen) atoms. The average molecular weight is 304 g/mol. The first-order chi connectivity index (χ1) is 9.79. The zero-order chi connectivity index (χ0) is 16.0. The normalized spacial score (nSPS) is 14.0. The summed E-state index contributed by atoms with van der Waals surface area (Å²) in [5.41, 5.74) is 4.48. The van der Waals surface area contributed by atoms with E-state index in [2.05, 4.69) is 5.16 Å². The highest BCUT2D eigenvalue weighted by Crippen LogP contribution is 2.32. The Morgan fingerprint density at radius 2 is 2.10 bits per heavy atom. The third-order valence-electron chi connectivity index (χ3n) is 3.00. The number of nitrogens with zero attached hydrogens (tertiary/aromatic N) is 1. The Hall–Kier alpha value is -1.92. The van der Waals surface area contributed by atoms with Crippen LogP contribution in [0.15, 0.2) is 23.4 Å². The van der Waals surface area contributed by atoms with Crippen molar-refractivity contribution in [1.29, 1.82) is 0 Å². The van der Waals surface area contributed by atoms with Crippen molar-refractivity contribution in [1.82, 2.24) is 0 Å². The minimum absolute atomic E-state index is 0.0731. The summed E-state index contributed by atoms with van der Waals surface area (Å²) in [5, 5.41) is 11.4. The second-order valence-electron chi connectivity index (χ2n) is 4.90. The third-order valence-corrected chi connectivity index (χ3v) is 3.00. The van der Waals surface area contributed by atoms with Gasteiger partial charge in [-0.25, -0.2) is 0 Å². The van der Waals surface area contributed by atoms with Crippen molar-refractivity contribution in [2.75, 3.05) is 6.61 Å². The maximum Gasteiger partial charge on any atom is 0.416 e. The summed E-state index contributed by atoms with van der Waals surface area (Å²) in [6.45, 7) is 4.37. The molecule has 0 saturated heterocycles. The molecule has 1 unspecified atom stereocenters. The van der Waals surface area contributed by atoms with E-state index in [0.29, 0.717) is 6.61 Å². The predicted molar refractivity (Wildman–Crippen MR) is 73.5 cm³/mol. The fourth-order valence-corrected chi connectivity index (χ4v) is 1.89. The van der Waals surface area contributed by atoms with Crippen LogP contribution in [-0.4, -0.2) is 17.6 Å². The van der Waals surface area contributed by atoms with E-state index in [-0.39, 0.29) is 17.2 Å². The molecule has 118 valence electrons. The van der Waals surface area contributed by atoms with Gasteiger partial charge in [0.2, 0.25) is 0 Å². The van der Waals surface area contributed by atoms with E-state index >= 15 is 0 Å². The minimum atomic E-state index is -4.50. The van der Waals surface area contributed by atoms with Crippen LogP contribution >= 0.6 is 0 Å². The first-order valence-electron chi connectivity index (χ1n) is 6.61. The van der Waals surface area contributed by atoms with Crippen molar-refractivity contribution in [3.8, 4) is 5.75 Å². The molecule has 7 heteroatoms. The molecular weight excluding hydrogens is 285 g/mol. The van der Waals surface area contributed by atoms with Crippen molar-refractivity contribution in [3.63, 3.8) is 0 Å². The van der Waals surface area contributed by atoms with E-state index in [9.17, 15) is 13.2 Å². The number of amidine groups is 1. The molecule has 0 heterocycles. The van der Waals surface area contributed by atoms with Gasteiger partial charge in [-0.2, -0.15) is 13.2 Å². The van der Waals surface area contributed by atoms with Gasteiger partial charge in [-0.1, -0.05) is 25.4 Å². The van der Waals surface area contributed by atoms with Crippen molar-refractivity contribution >= 4 is 5.84 Å². The molecule has 1 aromatic carbocycles. The summed E-state index contributed by atoms with van der Waals surface area (Å²) in [6.07, 6.45) is -2.57. The number of hydrogen-bond donors (Lipinski definition) is 2. The van der Waals surface area contributed by atoms with Gasteiger partial charge in [0.1, 0.15) is 5.75 Å². The first kappa shape index (κ1) is 17.1. The maximum atomic E-state index is 12.7. The summed E-state index contributed by atoms with van der Waals surface area (Å²) >= 11 is 0. The van der Waals surface area contributed by atoms with Gasteiger partial charge in [-0.05, 0) is 30.5 Å². The lowest BCUT2D eigenvalue weighted by Gasteiger charge is -2.16. The SMILES string of the molecule is CCCC(C)COc1ccc(C(F)(F)F)cc1/C(N)=N/O. The number of nitrogens with two attached hydrogens (primary N) is 1. The average Bonchev–Trinajstić information content (AvgIpc) is 2.43. The molecule has 1 atom stereocenters. The number of alkyl halides is 3. The quantitative estimate of drug-likeness (QED) is 0.365. The Kier molecular flexibility index (Phi) is 5.87. The van der Waals surface area contributed by atoms with Gasteiger partial charge in [0.05, 0.1) is 17.7 Å². The van der Waals surface area contributed by atoms with E-state index < -0.39 is 17.6 Å². The number of benzene rings is 1. The molecule has 0 aliphatic rings. The van der Waals surface area contributed by atoms with Gasteiger partial charge in [-0.3, -0.25) is 0 Å². The van der Waals surface area contributed by atoms with Crippen LogP contribution in [0.2, 0.25) is 0 Å². The van der Waals surface area contributed by atoms with Crippen LogP contribution in [0.25, 0.3) is 0 Å². The van der Waals surface area contributed by atoms with Gasteiger partial charge in [0.15, 0.2) is 5.84 Å². The van der Waals surface area contributed by atoms with Crippen LogP contribution in [0, 0.1) is 5.92 Å². The van der Waals surface area contributed by atoms with E-state index in [4.69, 9.17) is 15.7 Å². The van der Waals surface area contributed by atoms with Gasteiger partial charge in [-0.15, -0.1) is 0 Å². The summed E-state index contributed by atoms with van der Waals surface area (Å²) in [6, 6.07) is 2.91. The fourth-order valence-electron chi connectivity index (χ4n) is 1.89. The lowest BCUT2D eigenvalue weighted by molar-refractivity contribution is -0.137. The Morgan fingerprint density at radius 1 is 1.43 bits per heavy atom. The maximum absolute atomic E-state index is 12.7. The Labute approximate surface area is 121 Å². The number of ether oxygens (including phenoxy) is 1. The molecule has 4 nitrogen and oxygen atoms in total. The van der Waals surface area contributed by atoms with Crippen LogP contribution < -0.4 is 10.5 Å². The van der Waals surface area contributed by atoms with Crippen molar-refractivity contribution < 1.29 is 23.1 Å². The second kappa shape index (κ2) is 7.19. The molecule has 1 rings (SSSR count). The molecule has 0 fully saturated rings.